The smallest absolute Gasteiger partial charge is 0.329 e. The van der Waals surface area contributed by atoms with Crippen molar-refractivity contribution >= 4 is 11.9 Å². The van der Waals surface area contributed by atoms with Gasteiger partial charge in [0.05, 0.1) is 0 Å². The summed E-state index contributed by atoms with van der Waals surface area (Å²) < 4.78 is 4.72. The highest BCUT2D eigenvalue weighted by Gasteiger charge is 2.43. The van der Waals surface area contributed by atoms with Gasteiger partial charge in [-0.25, -0.2) is 4.79 Å². The fourth-order valence-electron chi connectivity index (χ4n) is 2.31. The van der Waals surface area contributed by atoms with Gasteiger partial charge in [-0.05, 0) is 31.6 Å². The van der Waals surface area contributed by atoms with E-state index in [4.69, 9.17) is 4.52 Å². The van der Waals surface area contributed by atoms with E-state index >= 15 is 0 Å². The number of carboxylic acids is 1. The first kappa shape index (κ1) is 13.5. The molecule has 2 N–H and O–H groups in total. The number of rotatable bonds is 3. The van der Waals surface area contributed by atoms with Crippen LogP contribution in [0.3, 0.4) is 0 Å². The Kier molecular flexibility index (Phi) is 3.55. The summed E-state index contributed by atoms with van der Waals surface area (Å²) >= 11 is 0. The Balaban J connectivity index is 2.13. The first-order valence-electron chi connectivity index (χ1n) is 6.29. The fourth-order valence-corrected chi connectivity index (χ4v) is 2.31. The molecule has 0 atom stereocenters. The summed E-state index contributed by atoms with van der Waals surface area (Å²) in [7, 11) is 0. The minimum absolute atomic E-state index is 0.128. The maximum absolute atomic E-state index is 12.0. The lowest BCUT2D eigenvalue weighted by atomic mass is 9.77. The minimum Gasteiger partial charge on any atom is -0.480 e. The molecule has 0 spiro atoms. The van der Waals surface area contributed by atoms with E-state index in [1.165, 1.54) is 0 Å². The van der Waals surface area contributed by atoms with Gasteiger partial charge in [0.15, 0.2) is 0 Å². The number of hydrogen-bond acceptors (Lipinski definition) is 5. The molecule has 1 amide bonds. The fraction of sp³-hybridized carbons (Fsp3) is 0.667. The van der Waals surface area contributed by atoms with Crippen LogP contribution in [0.5, 0.6) is 0 Å². The van der Waals surface area contributed by atoms with Crippen LogP contribution in [0.1, 0.15) is 49.1 Å². The molecule has 1 aromatic heterocycles. The van der Waals surface area contributed by atoms with Crippen molar-refractivity contribution in [2.75, 3.05) is 0 Å². The second-order valence-electron chi connectivity index (χ2n) is 5.16. The summed E-state index contributed by atoms with van der Waals surface area (Å²) in [5, 5.41) is 15.5. The van der Waals surface area contributed by atoms with Gasteiger partial charge in [0.25, 0.3) is 11.7 Å². The Morgan fingerprint density at radius 1 is 1.42 bits per heavy atom. The second-order valence-corrected chi connectivity index (χ2v) is 5.16. The van der Waals surface area contributed by atoms with E-state index in [-0.39, 0.29) is 11.7 Å². The third kappa shape index (κ3) is 2.74. The van der Waals surface area contributed by atoms with Gasteiger partial charge in [-0.2, -0.15) is 4.98 Å². The third-order valence-electron chi connectivity index (χ3n) is 3.62. The molecular weight excluding hydrogens is 250 g/mol. The minimum atomic E-state index is -1.21. The van der Waals surface area contributed by atoms with Crippen molar-refractivity contribution in [3.05, 3.63) is 11.7 Å². The number of aryl methyl sites for hydroxylation is 1. The number of amides is 1. The average molecular weight is 267 g/mol. The van der Waals surface area contributed by atoms with Crippen molar-refractivity contribution in [2.45, 2.75) is 45.1 Å². The molecule has 0 saturated heterocycles. The Morgan fingerprint density at radius 3 is 2.53 bits per heavy atom. The lowest BCUT2D eigenvalue weighted by Crippen LogP contribution is -2.56. The lowest BCUT2D eigenvalue weighted by Gasteiger charge is -2.36. The number of carbonyl (C=O) groups excluding carboxylic acids is 1. The molecule has 0 bridgehead atoms. The maximum Gasteiger partial charge on any atom is 0.329 e. The topological polar surface area (TPSA) is 105 Å². The molecule has 19 heavy (non-hydrogen) atoms. The molecule has 2 rings (SSSR count). The van der Waals surface area contributed by atoms with E-state index in [0.29, 0.717) is 18.8 Å². The highest BCUT2D eigenvalue weighted by atomic mass is 16.5. The lowest BCUT2D eigenvalue weighted by molar-refractivity contribution is -0.146. The first-order valence-corrected chi connectivity index (χ1v) is 6.29. The van der Waals surface area contributed by atoms with E-state index in [0.717, 1.165) is 12.8 Å². The van der Waals surface area contributed by atoms with Crippen LogP contribution in [0.2, 0.25) is 0 Å². The molecule has 0 unspecified atom stereocenters. The molecule has 7 heteroatoms. The van der Waals surface area contributed by atoms with Crippen molar-refractivity contribution in [3.63, 3.8) is 0 Å². The largest absolute Gasteiger partial charge is 0.480 e. The van der Waals surface area contributed by atoms with E-state index in [2.05, 4.69) is 22.4 Å². The predicted octanol–water partition coefficient (Wildman–Crippen LogP) is 1.14. The van der Waals surface area contributed by atoms with Crippen molar-refractivity contribution in [1.82, 2.24) is 15.5 Å². The van der Waals surface area contributed by atoms with E-state index < -0.39 is 17.4 Å². The zero-order valence-electron chi connectivity index (χ0n) is 11.0. The van der Waals surface area contributed by atoms with Gasteiger partial charge < -0.3 is 14.9 Å². The standard InChI is InChI=1S/C12H17N3O4/c1-7-3-5-12(6-4-7,11(17)18)14-10(16)9-13-8(2)19-15-9/h7H,3-6H2,1-2H3,(H,14,16)(H,17,18). The Hall–Kier alpha value is -1.92. The van der Waals surface area contributed by atoms with Crippen LogP contribution in [0.4, 0.5) is 0 Å². The van der Waals surface area contributed by atoms with Crippen molar-refractivity contribution in [3.8, 4) is 0 Å². The number of aromatic nitrogens is 2. The molecule has 104 valence electrons. The van der Waals surface area contributed by atoms with Gasteiger partial charge in [0.2, 0.25) is 5.89 Å². The number of carboxylic acid groups (broad SMARTS) is 1. The van der Waals surface area contributed by atoms with Crippen molar-refractivity contribution in [1.29, 1.82) is 0 Å². The molecule has 1 aromatic rings. The zero-order chi connectivity index (χ0) is 14.0. The molecular formula is C12H17N3O4. The summed E-state index contributed by atoms with van der Waals surface area (Å²) in [6, 6.07) is 0. The summed E-state index contributed by atoms with van der Waals surface area (Å²) in [6.07, 6.45) is 2.40. The zero-order valence-corrected chi connectivity index (χ0v) is 11.0. The van der Waals surface area contributed by atoms with Crippen molar-refractivity contribution < 1.29 is 19.2 Å². The maximum atomic E-state index is 12.0. The van der Waals surface area contributed by atoms with Gasteiger partial charge in [-0.3, -0.25) is 4.79 Å². The molecule has 1 aliphatic rings. The Morgan fingerprint density at radius 2 is 2.05 bits per heavy atom. The molecule has 1 saturated carbocycles. The average Bonchev–Trinajstić information content (AvgIpc) is 2.79. The van der Waals surface area contributed by atoms with Gasteiger partial charge in [-0.1, -0.05) is 12.1 Å². The van der Waals surface area contributed by atoms with E-state index in [1.54, 1.807) is 6.92 Å². The molecule has 7 nitrogen and oxygen atoms in total. The number of aliphatic carboxylic acids is 1. The van der Waals surface area contributed by atoms with Gasteiger partial charge in [0.1, 0.15) is 5.54 Å². The molecule has 1 heterocycles. The third-order valence-corrected chi connectivity index (χ3v) is 3.62. The summed E-state index contributed by atoms with van der Waals surface area (Å²) in [5.41, 5.74) is -1.21. The molecule has 1 fully saturated rings. The Bertz CT molecular complexity index is 489. The van der Waals surface area contributed by atoms with E-state index in [9.17, 15) is 14.7 Å². The van der Waals surface area contributed by atoms with Gasteiger partial charge in [-0.15, -0.1) is 0 Å². The second kappa shape index (κ2) is 4.99. The van der Waals surface area contributed by atoms with Crippen LogP contribution in [-0.4, -0.2) is 32.7 Å². The highest BCUT2D eigenvalue weighted by Crippen LogP contribution is 2.32. The van der Waals surface area contributed by atoms with Crippen LogP contribution in [0, 0.1) is 12.8 Å². The van der Waals surface area contributed by atoms with Crippen LogP contribution in [0.25, 0.3) is 0 Å². The monoisotopic (exact) mass is 267 g/mol. The first-order chi connectivity index (χ1) is 8.93. The van der Waals surface area contributed by atoms with Gasteiger partial charge in [0, 0.05) is 6.92 Å². The van der Waals surface area contributed by atoms with Gasteiger partial charge >= 0.3 is 5.97 Å². The summed E-state index contributed by atoms with van der Waals surface area (Å²) in [4.78, 5) is 27.2. The Labute approximate surface area is 110 Å². The summed E-state index contributed by atoms with van der Waals surface area (Å²) in [6.45, 7) is 3.65. The molecule has 0 aromatic carbocycles. The number of nitrogens with one attached hydrogen (secondary N) is 1. The summed E-state index contributed by atoms with van der Waals surface area (Å²) in [5.74, 6) is -0.984. The van der Waals surface area contributed by atoms with Crippen molar-refractivity contribution in [2.24, 2.45) is 5.92 Å². The quantitative estimate of drug-likeness (QED) is 0.850. The predicted molar refractivity (Wildman–Crippen MR) is 64.5 cm³/mol. The number of carbonyl (C=O) groups is 2. The number of nitrogens with zero attached hydrogens (tertiary/aromatic N) is 2. The van der Waals surface area contributed by atoms with E-state index in [1.807, 2.05) is 0 Å². The number of hydrogen-bond donors (Lipinski definition) is 2. The highest BCUT2D eigenvalue weighted by molar-refractivity contribution is 5.95. The molecule has 1 aliphatic carbocycles. The van der Waals surface area contributed by atoms with Crippen LogP contribution >= 0.6 is 0 Å². The SMILES string of the molecule is Cc1nc(C(=O)NC2(C(=O)O)CCC(C)CC2)no1. The van der Waals surface area contributed by atoms with Crippen LogP contribution in [-0.2, 0) is 4.79 Å². The van der Waals surface area contributed by atoms with Crippen LogP contribution in [0.15, 0.2) is 4.52 Å². The normalized spacial score (nSPS) is 26.9. The van der Waals surface area contributed by atoms with Crippen LogP contribution < -0.4 is 5.32 Å². The molecule has 0 radical (unpaired) electrons. The molecule has 0 aliphatic heterocycles.